The predicted molar refractivity (Wildman–Crippen MR) is 73.8 cm³/mol. The number of nitrogens with zero attached hydrogens (tertiary/aromatic N) is 2. The Kier molecular flexibility index (Phi) is 4.36. The number of anilines is 2. The fourth-order valence-corrected chi connectivity index (χ4v) is 1.70. The van der Waals surface area contributed by atoms with Gasteiger partial charge < -0.3 is 10.1 Å². The first-order valence-corrected chi connectivity index (χ1v) is 6.03. The maximum absolute atomic E-state index is 12.6. The van der Waals surface area contributed by atoms with Gasteiger partial charge in [-0.15, -0.1) is 0 Å². The van der Waals surface area contributed by atoms with Crippen LogP contribution in [0, 0.1) is 0 Å². The van der Waals surface area contributed by atoms with Gasteiger partial charge in [0.05, 0.1) is 7.11 Å². The second kappa shape index (κ2) is 6.21. The van der Waals surface area contributed by atoms with Crippen molar-refractivity contribution in [3.8, 4) is 5.75 Å². The first-order chi connectivity index (χ1) is 9.99. The number of alkyl halides is 2. The van der Waals surface area contributed by atoms with Crippen molar-refractivity contribution in [2.24, 2.45) is 7.05 Å². The Morgan fingerprint density at radius 1 is 1.29 bits per heavy atom. The molecule has 0 saturated heterocycles. The minimum Gasteiger partial charge on any atom is -0.497 e. The summed E-state index contributed by atoms with van der Waals surface area (Å²) in [6, 6.07) is 7.23. The van der Waals surface area contributed by atoms with Crippen LogP contribution < -0.4 is 15.4 Å². The van der Waals surface area contributed by atoms with Gasteiger partial charge in [-0.2, -0.15) is 5.10 Å². The van der Waals surface area contributed by atoms with E-state index in [9.17, 15) is 13.6 Å². The summed E-state index contributed by atoms with van der Waals surface area (Å²) in [5.41, 5.74) is 0.271. The van der Waals surface area contributed by atoms with Crippen molar-refractivity contribution < 1.29 is 18.3 Å². The molecule has 2 rings (SSSR count). The van der Waals surface area contributed by atoms with Crippen molar-refractivity contribution in [1.29, 1.82) is 0 Å². The lowest BCUT2D eigenvalue weighted by Crippen LogP contribution is -2.19. The van der Waals surface area contributed by atoms with E-state index in [1.165, 1.54) is 14.2 Å². The van der Waals surface area contributed by atoms with Crippen LogP contribution in [0.5, 0.6) is 5.75 Å². The molecule has 8 heteroatoms. The maximum atomic E-state index is 12.6. The summed E-state index contributed by atoms with van der Waals surface area (Å²) in [5, 5.41) is 8.73. The number of aryl methyl sites for hydroxylation is 1. The van der Waals surface area contributed by atoms with Crippen LogP contribution in [-0.2, 0) is 7.05 Å². The molecule has 21 heavy (non-hydrogen) atoms. The van der Waals surface area contributed by atoms with Crippen molar-refractivity contribution in [3.05, 3.63) is 36.0 Å². The van der Waals surface area contributed by atoms with E-state index >= 15 is 0 Å². The molecule has 0 bridgehead atoms. The lowest BCUT2D eigenvalue weighted by molar-refractivity contribution is 0.141. The Labute approximate surface area is 119 Å². The van der Waals surface area contributed by atoms with Gasteiger partial charge in [-0.3, -0.25) is 10.00 Å². The van der Waals surface area contributed by atoms with Crippen LogP contribution in [0.2, 0.25) is 0 Å². The number of hydrogen-bond acceptors (Lipinski definition) is 3. The third kappa shape index (κ3) is 3.68. The zero-order chi connectivity index (χ0) is 15.4. The third-order valence-electron chi connectivity index (χ3n) is 2.73. The minimum atomic E-state index is -2.65. The molecule has 0 fully saturated rings. The summed E-state index contributed by atoms with van der Waals surface area (Å²) in [4.78, 5) is 11.7. The molecule has 2 amide bonds. The first-order valence-electron chi connectivity index (χ1n) is 6.03. The zero-order valence-electron chi connectivity index (χ0n) is 11.4. The van der Waals surface area contributed by atoms with Crippen molar-refractivity contribution >= 4 is 17.5 Å². The Morgan fingerprint density at radius 3 is 2.48 bits per heavy atom. The number of hydrogen-bond donors (Lipinski definition) is 2. The van der Waals surface area contributed by atoms with Crippen molar-refractivity contribution in [2.75, 3.05) is 17.7 Å². The number of ether oxygens (including phenoxy) is 1. The number of nitrogens with one attached hydrogen (secondary N) is 2. The fourth-order valence-electron chi connectivity index (χ4n) is 1.70. The average molecular weight is 296 g/mol. The third-order valence-corrected chi connectivity index (χ3v) is 2.73. The van der Waals surface area contributed by atoms with Crippen LogP contribution in [0.1, 0.15) is 12.1 Å². The topological polar surface area (TPSA) is 68.2 Å². The highest BCUT2D eigenvalue weighted by atomic mass is 19.3. The minimum absolute atomic E-state index is 0.0545. The van der Waals surface area contributed by atoms with Crippen LogP contribution in [0.15, 0.2) is 30.3 Å². The lowest BCUT2D eigenvalue weighted by atomic mass is 10.3. The van der Waals surface area contributed by atoms with E-state index < -0.39 is 12.5 Å². The van der Waals surface area contributed by atoms with Crippen molar-refractivity contribution in [2.45, 2.75) is 6.43 Å². The van der Waals surface area contributed by atoms with E-state index in [-0.39, 0.29) is 11.5 Å². The molecule has 1 aromatic carbocycles. The van der Waals surface area contributed by atoms with E-state index in [4.69, 9.17) is 4.74 Å². The normalized spacial score (nSPS) is 10.5. The quantitative estimate of drug-likeness (QED) is 0.911. The molecular weight excluding hydrogens is 282 g/mol. The molecule has 0 unspecified atom stereocenters. The molecule has 0 radical (unpaired) electrons. The molecule has 1 heterocycles. The van der Waals surface area contributed by atoms with Gasteiger partial charge in [0.15, 0.2) is 5.82 Å². The second-order valence-electron chi connectivity index (χ2n) is 4.19. The lowest BCUT2D eigenvalue weighted by Gasteiger charge is -2.06. The molecule has 6 nitrogen and oxygen atoms in total. The molecule has 0 atom stereocenters. The highest BCUT2D eigenvalue weighted by Crippen LogP contribution is 2.21. The summed E-state index contributed by atoms with van der Waals surface area (Å²) in [5.74, 6) is 0.714. The van der Waals surface area contributed by atoms with Gasteiger partial charge in [0, 0.05) is 18.8 Å². The Hall–Kier alpha value is -2.64. The SMILES string of the molecule is COc1ccc(NC(=O)Nc2cc(C(F)F)n(C)n2)cc1. The van der Waals surface area contributed by atoms with E-state index in [0.29, 0.717) is 11.4 Å². The number of methoxy groups -OCH3 is 1. The van der Waals surface area contributed by atoms with Gasteiger partial charge in [-0.05, 0) is 24.3 Å². The van der Waals surface area contributed by atoms with Crippen LogP contribution in [0.4, 0.5) is 25.1 Å². The second-order valence-corrected chi connectivity index (χ2v) is 4.19. The maximum Gasteiger partial charge on any atom is 0.324 e. The van der Waals surface area contributed by atoms with E-state index in [1.807, 2.05) is 0 Å². The molecule has 2 N–H and O–H groups in total. The van der Waals surface area contributed by atoms with E-state index in [0.717, 1.165) is 10.7 Å². The Bertz CT molecular complexity index is 626. The number of carbonyl (C=O) groups excluding carboxylic acids is 1. The number of aromatic nitrogens is 2. The number of halogens is 2. The summed E-state index contributed by atoms with van der Waals surface area (Å²) < 4.78 is 31.2. The predicted octanol–water partition coefficient (Wildman–Crippen LogP) is 3.01. The van der Waals surface area contributed by atoms with E-state index in [1.54, 1.807) is 24.3 Å². The summed E-state index contributed by atoms with van der Waals surface area (Å²) in [6.07, 6.45) is -2.65. The molecule has 0 spiro atoms. The summed E-state index contributed by atoms with van der Waals surface area (Å²) in [7, 11) is 2.92. The standard InChI is InChI=1S/C13H14F2N4O2/c1-19-10(12(14)15)7-11(18-19)17-13(20)16-8-3-5-9(21-2)6-4-8/h3-7,12H,1-2H3,(H2,16,17,18,20). The number of rotatable bonds is 4. The smallest absolute Gasteiger partial charge is 0.324 e. The Morgan fingerprint density at radius 2 is 1.95 bits per heavy atom. The molecule has 112 valence electrons. The van der Waals surface area contributed by atoms with Crippen molar-refractivity contribution in [1.82, 2.24) is 9.78 Å². The van der Waals surface area contributed by atoms with Gasteiger partial charge in [0.1, 0.15) is 11.4 Å². The molecule has 2 aromatic rings. The number of benzene rings is 1. The monoisotopic (exact) mass is 296 g/mol. The largest absolute Gasteiger partial charge is 0.497 e. The number of amides is 2. The highest BCUT2D eigenvalue weighted by Gasteiger charge is 2.15. The molecule has 0 aliphatic rings. The van der Waals surface area contributed by atoms with Gasteiger partial charge in [-0.25, -0.2) is 13.6 Å². The van der Waals surface area contributed by atoms with E-state index in [2.05, 4.69) is 15.7 Å². The van der Waals surface area contributed by atoms with Crippen LogP contribution in [-0.4, -0.2) is 22.9 Å². The summed E-state index contributed by atoms with van der Waals surface area (Å²) >= 11 is 0. The van der Waals surface area contributed by atoms with Crippen molar-refractivity contribution in [3.63, 3.8) is 0 Å². The molecule has 1 aromatic heterocycles. The van der Waals surface area contributed by atoms with Gasteiger partial charge in [0.25, 0.3) is 6.43 Å². The zero-order valence-corrected chi connectivity index (χ0v) is 11.4. The first kappa shape index (κ1) is 14.8. The Balaban J connectivity index is 1.99. The molecule has 0 aliphatic heterocycles. The number of urea groups is 1. The van der Waals surface area contributed by atoms with Crippen LogP contribution in [0.3, 0.4) is 0 Å². The highest BCUT2D eigenvalue weighted by molar-refractivity contribution is 5.99. The molecular formula is C13H14F2N4O2. The molecule has 0 saturated carbocycles. The fraction of sp³-hybridized carbons (Fsp3) is 0.231. The molecule has 0 aliphatic carbocycles. The average Bonchev–Trinajstić information content (AvgIpc) is 2.80. The number of carbonyl (C=O) groups is 1. The van der Waals surface area contributed by atoms with Crippen LogP contribution >= 0.6 is 0 Å². The summed E-state index contributed by atoms with van der Waals surface area (Å²) in [6.45, 7) is 0. The van der Waals surface area contributed by atoms with Gasteiger partial charge >= 0.3 is 6.03 Å². The van der Waals surface area contributed by atoms with Gasteiger partial charge in [0.2, 0.25) is 0 Å². The van der Waals surface area contributed by atoms with Crippen LogP contribution in [0.25, 0.3) is 0 Å². The van der Waals surface area contributed by atoms with Gasteiger partial charge in [-0.1, -0.05) is 0 Å².